The maximum atomic E-state index is 12.2. The smallest absolute Gasteiger partial charge is 0.306 e. The van der Waals surface area contributed by atoms with Crippen LogP contribution in [0.3, 0.4) is 0 Å². The first-order valence-electron chi connectivity index (χ1n) is 6.00. The molecule has 1 aliphatic carbocycles. The summed E-state index contributed by atoms with van der Waals surface area (Å²) in [5, 5.41) is 8.94. The fraction of sp³-hybridized carbons (Fsp3) is 0.462. The van der Waals surface area contributed by atoms with Gasteiger partial charge in [0.15, 0.2) is 0 Å². The van der Waals surface area contributed by atoms with E-state index >= 15 is 0 Å². The lowest BCUT2D eigenvalue weighted by Crippen LogP contribution is -2.32. The molecule has 1 aromatic heterocycles. The van der Waals surface area contributed by atoms with Crippen LogP contribution in [-0.4, -0.2) is 29.0 Å². The van der Waals surface area contributed by atoms with Crippen LogP contribution in [0.1, 0.15) is 19.3 Å². The molecule has 18 heavy (non-hydrogen) atoms. The Kier molecular flexibility index (Phi) is 3.60. The number of pyridine rings is 1. The van der Waals surface area contributed by atoms with E-state index in [0.717, 1.165) is 5.69 Å². The van der Waals surface area contributed by atoms with E-state index in [4.69, 9.17) is 5.11 Å². The van der Waals surface area contributed by atoms with Crippen molar-refractivity contribution in [2.45, 2.75) is 19.3 Å². The molecule has 2 rings (SSSR count). The summed E-state index contributed by atoms with van der Waals surface area (Å²) >= 11 is 0. The Labute approximate surface area is 105 Å². The fourth-order valence-corrected chi connectivity index (χ4v) is 2.40. The molecule has 1 aromatic rings. The summed E-state index contributed by atoms with van der Waals surface area (Å²) in [7, 11) is 1.71. The van der Waals surface area contributed by atoms with Crippen molar-refractivity contribution in [1.82, 2.24) is 4.98 Å². The summed E-state index contributed by atoms with van der Waals surface area (Å²) in [6.07, 6.45) is 4.96. The number of carboxylic acids is 1. The van der Waals surface area contributed by atoms with Gasteiger partial charge in [-0.3, -0.25) is 14.6 Å². The van der Waals surface area contributed by atoms with Gasteiger partial charge in [0.1, 0.15) is 0 Å². The zero-order chi connectivity index (χ0) is 13.1. The Morgan fingerprint density at radius 3 is 2.44 bits per heavy atom. The fourth-order valence-electron chi connectivity index (χ4n) is 2.40. The Balaban J connectivity index is 2.02. The Bertz CT molecular complexity index is 447. The van der Waals surface area contributed by atoms with Crippen molar-refractivity contribution in [3.63, 3.8) is 0 Å². The van der Waals surface area contributed by atoms with E-state index in [9.17, 15) is 9.59 Å². The standard InChI is InChI=1S/C13H16N2O3/c1-15(11-4-6-14-7-5-11)12(16)9-2-3-10(8-9)13(17)18/h4-7,9-10H,2-3,8H2,1H3,(H,17,18). The van der Waals surface area contributed by atoms with Crippen LogP contribution in [0.2, 0.25) is 0 Å². The molecule has 0 saturated heterocycles. The highest BCUT2D eigenvalue weighted by Crippen LogP contribution is 2.32. The molecule has 0 aromatic carbocycles. The van der Waals surface area contributed by atoms with Gasteiger partial charge in [0, 0.05) is 31.0 Å². The first-order chi connectivity index (χ1) is 8.59. The van der Waals surface area contributed by atoms with E-state index in [1.165, 1.54) is 0 Å². The summed E-state index contributed by atoms with van der Waals surface area (Å²) in [6.45, 7) is 0. The summed E-state index contributed by atoms with van der Waals surface area (Å²) in [6, 6.07) is 3.53. The second-order valence-electron chi connectivity index (χ2n) is 4.65. The molecule has 2 unspecified atom stereocenters. The lowest BCUT2D eigenvalue weighted by molar-refractivity contribution is -0.141. The van der Waals surface area contributed by atoms with E-state index in [1.807, 2.05) is 0 Å². The van der Waals surface area contributed by atoms with Crippen LogP contribution >= 0.6 is 0 Å². The second-order valence-corrected chi connectivity index (χ2v) is 4.65. The van der Waals surface area contributed by atoms with Gasteiger partial charge in [-0.05, 0) is 31.4 Å². The summed E-state index contributed by atoms with van der Waals surface area (Å²) in [5.74, 6) is -1.35. The number of hydrogen-bond acceptors (Lipinski definition) is 3. The number of rotatable bonds is 3. The lowest BCUT2D eigenvalue weighted by Gasteiger charge is -2.20. The third kappa shape index (κ3) is 2.50. The minimum absolute atomic E-state index is 0.00931. The molecule has 1 fully saturated rings. The molecule has 0 radical (unpaired) electrons. The van der Waals surface area contributed by atoms with E-state index in [2.05, 4.69) is 4.98 Å². The van der Waals surface area contributed by atoms with Gasteiger partial charge in [0.25, 0.3) is 0 Å². The molecule has 1 heterocycles. The van der Waals surface area contributed by atoms with Crippen LogP contribution < -0.4 is 4.90 Å². The van der Waals surface area contributed by atoms with E-state index in [0.29, 0.717) is 19.3 Å². The quantitative estimate of drug-likeness (QED) is 0.881. The van der Waals surface area contributed by atoms with Crippen molar-refractivity contribution in [3.8, 4) is 0 Å². The third-order valence-corrected chi connectivity index (χ3v) is 3.51. The molecule has 1 saturated carbocycles. The number of nitrogens with zero attached hydrogens (tertiary/aromatic N) is 2. The maximum absolute atomic E-state index is 12.2. The molecule has 1 amide bonds. The predicted molar refractivity (Wildman–Crippen MR) is 66.1 cm³/mol. The zero-order valence-electron chi connectivity index (χ0n) is 10.2. The van der Waals surface area contributed by atoms with Crippen molar-refractivity contribution < 1.29 is 14.7 Å². The van der Waals surface area contributed by atoms with Gasteiger partial charge >= 0.3 is 5.97 Å². The minimum atomic E-state index is -0.795. The topological polar surface area (TPSA) is 70.5 Å². The zero-order valence-corrected chi connectivity index (χ0v) is 10.2. The highest BCUT2D eigenvalue weighted by atomic mass is 16.4. The summed E-state index contributed by atoms with van der Waals surface area (Å²) in [5.41, 5.74) is 0.786. The van der Waals surface area contributed by atoms with Crippen molar-refractivity contribution in [2.24, 2.45) is 11.8 Å². The largest absolute Gasteiger partial charge is 0.481 e. The predicted octanol–water partition coefficient (Wildman–Crippen LogP) is 1.55. The van der Waals surface area contributed by atoms with Gasteiger partial charge < -0.3 is 10.0 Å². The number of carbonyl (C=O) groups is 2. The van der Waals surface area contributed by atoms with Crippen LogP contribution in [0, 0.1) is 11.8 Å². The minimum Gasteiger partial charge on any atom is -0.481 e. The summed E-state index contributed by atoms with van der Waals surface area (Å²) in [4.78, 5) is 28.6. The molecule has 5 nitrogen and oxygen atoms in total. The second kappa shape index (κ2) is 5.16. The molecule has 1 N–H and O–H groups in total. The molecule has 0 bridgehead atoms. The molecular weight excluding hydrogens is 232 g/mol. The number of anilines is 1. The van der Waals surface area contributed by atoms with Crippen molar-refractivity contribution >= 4 is 17.6 Å². The number of carbonyl (C=O) groups excluding carboxylic acids is 1. The van der Waals surface area contributed by atoms with Crippen LogP contribution in [0.15, 0.2) is 24.5 Å². The molecule has 0 spiro atoms. The highest BCUT2D eigenvalue weighted by molar-refractivity contribution is 5.95. The van der Waals surface area contributed by atoms with Crippen LogP contribution in [0.5, 0.6) is 0 Å². The highest BCUT2D eigenvalue weighted by Gasteiger charge is 2.35. The van der Waals surface area contributed by atoms with E-state index in [-0.39, 0.29) is 17.7 Å². The monoisotopic (exact) mass is 248 g/mol. The lowest BCUT2D eigenvalue weighted by atomic mass is 10.0. The van der Waals surface area contributed by atoms with Crippen LogP contribution in [0.25, 0.3) is 0 Å². The first kappa shape index (κ1) is 12.5. The number of carboxylic acid groups (broad SMARTS) is 1. The van der Waals surface area contributed by atoms with E-state index in [1.54, 1.807) is 36.5 Å². The van der Waals surface area contributed by atoms with Crippen molar-refractivity contribution in [1.29, 1.82) is 0 Å². The van der Waals surface area contributed by atoms with Gasteiger partial charge in [0.2, 0.25) is 5.91 Å². The summed E-state index contributed by atoms with van der Waals surface area (Å²) < 4.78 is 0. The molecule has 2 atom stereocenters. The Morgan fingerprint density at radius 2 is 1.89 bits per heavy atom. The normalized spacial score (nSPS) is 22.7. The van der Waals surface area contributed by atoms with Crippen LogP contribution in [-0.2, 0) is 9.59 Å². The number of hydrogen-bond donors (Lipinski definition) is 1. The SMILES string of the molecule is CN(C(=O)C1CCC(C(=O)O)C1)c1ccncc1. The molecule has 96 valence electrons. The molecule has 1 aliphatic rings. The van der Waals surface area contributed by atoms with Gasteiger partial charge in [-0.1, -0.05) is 0 Å². The van der Waals surface area contributed by atoms with Gasteiger partial charge in [-0.25, -0.2) is 0 Å². The average molecular weight is 248 g/mol. The first-order valence-corrected chi connectivity index (χ1v) is 6.00. The van der Waals surface area contributed by atoms with Crippen LogP contribution in [0.4, 0.5) is 5.69 Å². The molecule has 0 aliphatic heterocycles. The van der Waals surface area contributed by atoms with Gasteiger partial charge in [-0.15, -0.1) is 0 Å². The Morgan fingerprint density at radius 1 is 1.28 bits per heavy atom. The number of aliphatic carboxylic acids is 1. The van der Waals surface area contributed by atoms with Gasteiger partial charge in [0.05, 0.1) is 5.92 Å². The van der Waals surface area contributed by atoms with Crippen molar-refractivity contribution in [2.75, 3.05) is 11.9 Å². The molecular formula is C13H16N2O3. The van der Waals surface area contributed by atoms with Gasteiger partial charge in [-0.2, -0.15) is 0 Å². The third-order valence-electron chi connectivity index (χ3n) is 3.51. The molecule has 5 heteroatoms. The Hall–Kier alpha value is -1.91. The average Bonchev–Trinajstić information content (AvgIpc) is 2.88. The maximum Gasteiger partial charge on any atom is 0.306 e. The van der Waals surface area contributed by atoms with E-state index < -0.39 is 5.97 Å². The van der Waals surface area contributed by atoms with Crippen molar-refractivity contribution in [3.05, 3.63) is 24.5 Å². The number of amides is 1. The number of aromatic nitrogens is 1.